The van der Waals surface area contributed by atoms with E-state index < -0.39 is 18.4 Å². The van der Waals surface area contributed by atoms with E-state index in [0.717, 1.165) is 16.7 Å². The van der Waals surface area contributed by atoms with Gasteiger partial charge in [0.15, 0.2) is 11.5 Å². The smallest absolute Gasteiger partial charge is 0.322 e. The first kappa shape index (κ1) is 20.7. The molecule has 0 atom stereocenters. The average molecular weight is 434 g/mol. The van der Waals surface area contributed by atoms with Crippen LogP contribution in [0.2, 0.25) is 10.0 Å². The molecule has 0 saturated heterocycles. The van der Waals surface area contributed by atoms with Gasteiger partial charge in [-0.1, -0.05) is 41.4 Å². The number of aliphatic hydroxyl groups excluding tert-OH is 1. The normalized spacial score (nSPS) is 13.6. The van der Waals surface area contributed by atoms with Crippen molar-refractivity contribution in [3.63, 3.8) is 0 Å². The molecule has 0 radical (unpaired) electrons. The Balaban J connectivity index is 2.14. The molecule has 0 aliphatic carbocycles. The molecule has 0 aromatic heterocycles. The maximum atomic E-state index is 12.5. The summed E-state index contributed by atoms with van der Waals surface area (Å²) in [4.78, 5) is 23.3. The van der Waals surface area contributed by atoms with E-state index in [1.165, 1.54) is 11.2 Å². The zero-order valence-electron chi connectivity index (χ0n) is 15.3. The van der Waals surface area contributed by atoms with E-state index in [1.54, 1.807) is 37.3 Å². The monoisotopic (exact) mass is 433 g/mol. The molecule has 1 aliphatic rings. The van der Waals surface area contributed by atoms with Gasteiger partial charge in [0, 0.05) is 21.8 Å². The van der Waals surface area contributed by atoms with Crippen molar-refractivity contribution in [2.24, 2.45) is 5.10 Å². The number of carboxylic acids is 1. The number of nitrogens with zero attached hydrogens (tertiary/aromatic N) is 2. The predicted octanol–water partition coefficient (Wildman–Crippen LogP) is 3.91. The molecule has 2 aromatic carbocycles. The van der Waals surface area contributed by atoms with Crippen molar-refractivity contribution >= 4 is 47.1 Å². The van der Waals surface area contributed by atoms with E-state index in [0.29, 0.717) is 15.6 Å². The standard InChI is InChI=1S/C20H17Cl2N3O4/c1-2-24-25-10-16-14(11-6-12(21)8-13(22)7-11)4-3-5-15(16)19(28)18(25)20(29)23-9-17(26)27/h2-8,28H,9-10H2,1H3,(H,23,29)(H,26,27)/b24-2-. The summed E-state index contributed by atoms with van der Waals surface area (Å²) < 4.78 is 0. The molecule has 2 aromatic rings. The highest BCUT2D eigenvalue weighted by Gasteiger charge is 2.31. The fraction of sp³-hybridized carbons (Fsp3) is 0.150. The van der Waals surface area contributed by atoms with Crippen LogP contribution in [0.5, 0.6) is 0 Å². The summed E-state index contributed by atoms with van der Waals surface area (Å²) >= 11 is 12.3. The lowest BCUT2D eigenvalue weighted by molar-refractivity contribution is -0.137. The number of hydrazone groups is 1. The minimum atomic E-state index is -1.19. The number of aliphatic hydroxyl groups is 1. The predicted molar refractivity (Wildman–Crippen MR) is 112 cm³/mol. The molecule has 1 heterocycles. The number of carboxylic acid groups (broad SMARTS) is 1. The van der Waals surface area contributed by atoms with Crippen LogP contribution in [0.1, 0.15) is 18.1 Å². The second kappa shape index (κ2) is 8.55. The lowest BCUT2D eigenvalue weighted by Crippen LogP contribution is -2.38. The average Bonchev–Trinajstić information content (AvgIpc) is 2.65. The lowest BCUT2D eigenvalue weighted by atomic mass is 9.91. The highest BCUT2D eigenvalue weighted by Crippen LogP contribution is 2.38. The van der Waals surface area contributed by atoms with E-state index in [1.807, 2.05) is 6.07 Å². The third-order valence-electron chi connectivity index (χ3n) is 4.27. The number of hydrogen-bond donors (Lipinski definition) is 3. The lowest BCUT2D eigenvalue weighted by Gasteiger charge is -2.29. The molecule has 0 unspecified atom stereocenters. The summed E-state index contributed by atoms with van der Waals surface area (Å²) in [7, 11) is 0. The van der Waals surface area contributed by atoms with Crippen molar-refractivity contribution in [3.8, 4) is 11.1 Å². The zero-order chi connectivity index (χ0) is 21.1. The number of halogens is 2. The van der Waals surface area contributed by atoms with E-state index in [4.69, 9.17) is 28.3 Å². The number of carbonyl (C=O) groups excluding carboxylic acids is 1. The van der Waals surface area contributed by atoms with Gasteiger partial charge in [-0.2, -0.15) is 5.10 Å². The van der Waals surface area contributed by atoms with Crippen molar-refractivity contribution in [1.29, 1.82) is 0 Å². The second-order valence-electron chi connectivity index (χ2n) is 6.19. The number of nitrogens with one attached hydrogen (secondary N) is 1. The maximum Gasteiger partial charge on any atom is 0.322 e. The fourth-order valence-corrected chi connectivity index (χ4v) is 3.67. The molecule has 1 aliphatic heterocycles. The van der Waals surface area contributed by atoms with Crippen LogP contribution in [-0.4, -0.2) is 39.9 Å². The summed E-state index contributed by atoms with van der Waals surface area (Å²) in [5, 5.41) is 28.3. The minimum absolute atomic E-state index is 0.127. The summed E-state index contributed by atoms with van der Waals surface area (Å²) in [5.41, 5.74) is 2.58. The second-order valence-corrected chi connectivity index (χ2v) is 7.07. The molecule has 9 heteroatoms. The number of carbonyl (C=O) groups is 2. The summed E-state index contributed by atoms with van der Waals surface area (Å²) in [6.45, 7) is 1.27. The van der Waals surface area contributed by atoms with E-state index >= 15 is 0 Å². The van der Waals surface area contributed by atoms with Gasteiger partial charge in [-0.15, -0.1) is 0 Å². The Kier molecular flexibility index (Phi) is 6.10. The van der Waals surface area contributed by atoms with Crippen molar-refractivity contribution in [3.05, 3.63) is 63.3 Å². The first-order valence-electron chi connectivity index (χ1n) is 8.60. The van der Waals surface area contributed by atoms with Crippen LogP contribution in [0.25, 0.3) is 16.9 Å². The number of fused-ring (bicyclic) bond motifs is 1. The van der Waals surface area contributed by atoms with Gasteiger partial charge in [-0.3, -0.25) is 14.6 Å². The maximum absolute atomic E-state index is 12.5. The molecule has 0 spiro atoms. The number of rotatable bonds is 5. The first-order valence-corrected chi connectivity index (χ1v) is 9.35. The topological polar surface area (TPSA) is 102 Å². The molecular weight excluding hydrogens is 417 g/mol. The zero-order valence-corrected chi connectivity index (χ0v) is 16.8. The molecule has 150 valence electrons. The first-order chi connectivity index (χ1) is 13.8. The van der Waals surface area contributed by atoms with Gasteiger partial charge in [-0.25, -0.2) is 0 Å². The number of aliphatic carboxylic acids is 1. The number of hydrogen-bond acceptors (Lipinski definition) is 5. The highest BCUT2D eigenvalue weighted by molar-refractivity contribution is 6.35. The molecule has 0 bridgehead atoms. The third kappa shape index (κ3) is 4.36. The molecule has 0 fully saturated rings. The van der Waals surface area contributed by atoms with Crippen LogP contribution in [-0.2, 0) is 16.1 Å². The summed E-state index contributed by atoms with van der Waals surface area (Å²) in [6.07, 6.45) is 1.47. The van der Waals surface area contributed by atoms with Gasteiger partial charge in [0.25, 0.3) is 5.91 Å². The Morgan fingerprint density at radius 2 is 1.86 bits per heavy atom. The quantitative estimate of drug-likeness (QED) is 0.620. The van der Waals surface area contributed by atoms with Crippen molar-refractivity contribution < 1.29 is 19.8 Å². The van der Waals surface area contributed by atoms with Crippen LogP contribution in [0.3, 0.4) is 0 Å². The highest BCUT2D eigenvalue weighted by atomic mass is 35.5. The van der Waals surface area contributed by atoms with Crippen molar-refractivity contribution in [2.45, 2.75) is 13.5 Å². The van der Waals surface area contributed by atoms with Gasteiger partial charge >= 0.3 is 5.97 Å². The molecule has 1 amide bonds. The Morgan fingerprint density at radius 3 is 2.48 bits per heavy atom. The van der Waals surface area contributed by atoms with E-state index in [-0.39, 0.29) is 18.0 Å². The molecule has 3 N–H and O–H groups in total. The largest absolute Gasteiger partial charge is 0.505 e. The Morgan fingerprint density at radius 1 is 1.21 bits per heavy atom. The number of benzene rings is 2. The molecule has 7 nitrogen and oxygen atoms in total. The molecule has 3 rings (SSSR count). The molecule has 0 saturated carbocycles. The fourth-order valence-electron chi connectivity index (χ4n) is 3.14. The van der Waals surface area contributed by atoms with Crippen LogP contribution in [0.15, 0.2) is 47.2 Å². The van der Waals surface area contributed by atoms with E-state index in [2.05, 4.69) is 10.4 Å². The van der Waals surface area contributed by atoms with Gasteiger partial charge in [0.05, 0.1) is 6.54 Å². The Hall–Kier alpha value is -3.03. The van der Waals surface area contributed by atoms with E-state index in [9.17, 15) is 14.7 Å². The van der Waals surface area contributed by atoms with Crippen LogP contribution in [0.4, 0.5) is 0 Å². The molecule has 29 heavy (non-hydrogen) atoms. The van der Waals surface area contributed by atoms with Crippen LogP contribution in [0, 0.1) is 0 Å². The summed E-state index contributed by atoms with van der Waals surface area (Å²) in [6, 6.07) is 10.4. The van der Waals surface area contributed by atoms with Crippen LogP contribution >= 0.6 is 23.2 Å². The van der Waals surface area contributed by atoms with Gasteiger partial charge in [0.2, 0.25) is 0 Å². The van der Waals surface area contributed by atoms with Crippen molar-refractivity contribution in [2.75, 3.05) is 6.54 Å². The van der Waals surface area contributed by atoms with Gasteiger partial charge in [0.1, 0.15) is 6.54 Å². The number of amides is 1. The minimum Gasteiger partial charge on any atom is -0.505 e. The van der Waals surface area contributed by atoms with Gasteiger partial charge in [-0.05, 0) is 41.8 Å². The third-order valence-corrected chi connectivity index (χ3v) is 4.70. The van der Waals surface area contributed by atoms with Crippen molar-refractivity contribution in [1.82, 2.24) is 10.3 Å². The Labute approximate surface area is 176 Å². The molecular formula is C20H17Cl2N3O4. The summed E-state index contributed by atoms with van der Waals surface area (Å²) in [5.74, 6) is -2.23. The SMILES string of the molecule is C/C=N\N1Cc2c(cccc2-c2cc(Cl)cc(Cl)c2)C(O)=C1C(=O)NCC(=O)O. The van der Waals surface area contributed by atoms with Crippen LogP contribution < -0.4 is 5.32 Å². The van der Waals surface area contributed by atoms with Gasteiger partial charge < -0.3 is 15.5 Å². The Bertz CT molecular complexity index is 1030.